The molecule has 0 amide bonds. The molecule has 0 spiro atoms. The summed E-state index contributed by atoms with van der Waals surface area (Å²) >= 11 is 3.37. The second-order valence-corrected chi connectivity index (χ2v) is 4.65. The Labute approximate surface area is 123 Å². The Balaban J connectivity index is 2.52. The van der Waals surface area contributed by atoms with Crippen LogP contribution in [0.15, 0.2) is 27.2 Å². The molecule has 1 N–H and O–H groups in total. The first-order valence-electron chi connectivity index (χ1n) is 5.77. The molecule has 106 valence electrons. The zero-order valence-electron chi connectivity index (χ0n) is 10.8. The van der Waals surface area contributed by atoms with E-state index in [4.69, 9.17) is 19.1 Å². The van der Waals surface area contributed by atoms with Gasteiger partial charge in [-0.2, -0.15) is 0 Å². The summed E-state index contributed by atoms with van der Waals surface area (Å²) in [6, 6.07) is 4.80. The lowest BCUT2D eigenvalue weighted by molar-refractivity contribution is 0.0652. The fourth-order valence-corrected chi connectivity index (χ4v) is 2.17. The second kappa shape index (κ2) is 5.96. The van der Waals surface area contributed by atoms with E-state index in [0.29, 0.717) is 33.8 Å². The van der Waals surface area contributed by atoms with E-state index in [1.165, 1.54) is 6.07 Å². The topological polar surface area (TPSA) is 81.8 Å². The monoisotopic (exact) mass is 341 g/mol. The number of carbonyl (C=O) groups is 1. The van der Waals surface area contributed by atoms with Crippen LogP contribution in [0.25, 0.3) is 11.3 Å². The molecule has 0 radical (unpaired) electrons. The molecule has 2 rings (SSSR count). The van der Waals surface area contributed by atoms with Crippen molar-refractivity contribution in [3.05, 3.63) is 28.4 Å². The van der Waals surface area contributed by atoms with E-state index in [0.717, 1.165) is 0 Å². The van der Waals surface area contributed by atoms with Gasteiger partial charge in [-0.1, -0.05) is 5.16 Å². The summed E-state index contributed by atoms with van der Waals surface area (Å²) in [5.74, 6) is -0.249. The molecule has 0 aliphatic heterocycles. The van der Waals surface area contributed by atoms with Gasteiger partial charge in [-0.05, 0) is 28.9 Å². The van der Waals surface area contributed by atoms with Crippen LogP contribution in [0.1, 0.15) is 17.5 Å². The highest BCUT2D eigenvalue weighted by molar-refractivity contribution is 9.10. The van der Waals surface area contributed by atoms with Crippen molar-refractivity contribution >= 4 is 21.9 Å². The van der Waals surface area contributed by atoms with Gasteiger partial charge in [0.15, 0.2) is 0 Å². The van der Waals surface area contributed by atoms with Gasteiger partial charge >= 0.3 is 5.97 Å². The molecule has 1 aromatic heterocycles. The summed E-state index contributed by atoms with van der Waals surface area (Å²) in [6.07, 6.45) is 0. The fourth-order valence-electron chi connectivity index (χ4n) is 1.67. The highest BCUT2D eigenvalue weighted by Gasteiger charge is 2.18. The van der Waals surface area contributed by atoms with Crippen LogP contribution < -0.4 is 9.47 Å². The maximum absolute atomic E-state index is 10.8. The van der Waals surface area contributed by atoms with Crippen LogP contribution in [-0.2, 0) is 0 Å². The summed E-state index contributed by atoms with van der Waals surface area (Å²) in [5.41, 5.74) is 1.00. The molecule has 0 saturated carbocycles. The minimum atomic E-state index is -1.17. The zero-order chi connectivity index (χ0) is 14.7. The molecule has 6 nitrogen and oxygen atoms in total. The normalized spacial score (nSPS) is 10.3. The van der Waals surface area contributed by atoms with E-state index in [-0.39, 0.29) is 5.76 Å². The van der Waals surface area contributed by atoms with Gasteiger partial charge in [0.25, 0.3) is 0 Å². The Kier molecular flexibility index (Phi) is 4.29. The first-order chi connectivity index (χ1) is 9.56. The molecule has 7 heteroatoms. The Morgan fingerprint density at radius 2 is 2.15 bits per heavy atom. The zero-order valence-corrected chi connectivity index (χ0v) is 12.4. The molecule has 0 bridgehead atoms. The molecule has 0 saturated heterocycles. The molecule has 2 aromatic rings. The summed E-state index contributed by atoms with van der Waals surface area (Å²) in [5, 5.41) is 12.6. The molecule has 0 aliphatic rings. The molecule has 0 aliphatic carbocycles. The van der Waals surface area contributed by atoms with E-state index in [9.17, 15) is 4.79 Å². The third kappa shape index (κ3) is 2.77. The van der Waals surface area contributed by atoms with Crippen molar-refractivity contribution in [3.63, 3.8) is 0 Å². The average molecular weight is 342 g/mol. The maximum atomic E-state index is 10.8. The van der Waals surface area contributed by atoms with E-state index in [2.05, 4.69) is 21.1 Å². The van der Waals surface area contributed by atoms with Crippen molar-refractivity contribution in [2.24, 2.45) is 0 Å². The number of nitrogens with zero attached hydrogens (tertiary/aromatic N) is 1. The molecule has 0 fully saturated rings. The Hall–Kier alpha value is -2.02. The number of aromatic nitrogens is 1. The minimum absolute atomic E-state index is 0.227. The van der Waals surface area contributed by atoms with E-state index < -0.39 is 5.97 Å². The third-order valence-corrected chi connectivity index (χ3v) is 3.17. The summed E-state index contributed by atoms with van der Waals surface area (Å²) < 4.78 is 16.2. The van der Waals surface area contributed by atoms with Crippen LogP contribution in [-0.4, -0.2) is 29.9 Å². The van der Waals surface area contributed by atoms with Gasteiger partial charge in [-0.25, -0.2) is 4.79 Å². The number of carboxylic acid groups (broad SMARTS) is 1. The van der Waals surface area contributed by atoms with Gasteiger partial charge in [0.1, 0.15) is 17.2 Å². The van der Waals surface area contributed by atoms with Gasteiger partial charge in [0.05, 0.1) is 18.2 Å². The third-order valence-electron chi connectivity index (χ3n) is 2.55. The van der Waals surface area contributed by atoms with Crippen LogP contribution in [0, 0.1) is 0 Å². The lowest BCUT2D eigenvalue weighted by Gasteiger charge is -2.11. The number of carboxylic acids is 1. The van der Waals surface area contributed by atoms with Crippen molar-refractivity contribution in [2.45, 2.75) is 6.92 Å². The highest BCUT2D eigenvalue weighted by atomic mass is 79.9. The minimum Gasteiger partial charge on any atom is -0.495 e. The number of hydrogen-bond donors (Lipinski definition) is 1. The molecule has 1 aromatic carbocycles. The molecule has 1 heterocycles. The van der Waals surface area contributed by atoms with E-state index in [1.807, 2.05) is 6.92 Å². The second-order valence-electron chi connectivity index (χ2n) is 3.80. The van der Waals surface area contributed by atoms with Crippen LogP contribution in [0.3, 0.4) is 0 Å². The van der Waals surface area contributed by atoms with Crippen LogP contribution >= 0.6 is 15.9 Å². The quantitative estimate of drug-likeness (QED) is 0.899. The molecule has 0 atom stereocenters. The Morgan fingerprint density at radius 3 is 2.70 bits per heavy atom. The maximum Gasteiger partial charge on any atom is 0.374 e. The highest BCUT2D eigenvalue weighted by Crippen LogP contribution is 2.38. The van der Waals surface area contributed by atoms with Gasteiger partial charge in [0.2, 0.25) is 5.76 Å². The number of halogens is 1. The first-order valence-corrected chi connectivity index (χ1v) is 6.56. The standard InChI is InChI=1S/C13H12BrNO5/c1-3-19-10-6-11(18-2)8(14)4-7(10)9-5-12(13(16)17)20-15-9/h4-6H,3H2,1-2H3,(H,16,17). The SMILES string of the molecule is CCOc1cc(OC)c(Br)cc1-c1cc(C(=O)O)on1. The number of benzene rings is 1. The van der Waals surface area contributed by atoms with Crippen molar-refractivity contribution in [1.29, 1.82) is 0 Å². The smallest absolute Gasteiger partial charge is 0.374 e. The number of aromatic carboxylic acids is 1. The molecule has 0 unspecified atom stereocenters. The Bertz CT molecular complexity index is 638. The first kappa shape index (κ1) is 14.4. The number of hydrogen-bond acceptors (Lipinski definition) is 5. The lowest BCUT2D eigenvalue weighted by Crippen LogP contribution is -1.96. The summed E-state index contributed by atoms with van der Waals surface area (Å²) in [6.45, 7) is 2.31. The fraction of sp³-hybridized carbons (Fsp3) is 0.231. The van der Waals surface area contributed by atoms with Crippen LogP contribution in [0.4, 0.5) is 0 Å². The van der Waals surface area contributed by atoms with Gasteiger partial charge in [-0.3, -0.25) is 0 Å². The van der Waals surface area contributed by atoms with E-state index >= 15 is 0 Å². The van der Waals surface area contributed by atoms with Crippen molar-refractivity contribution in [1.82, 2.24) is 5.16 Å². The lowest BCUT2D eigenvalue weighted by atomic mass is 10.1. The average Bonchev–Trinajstić information content (AvgIpc) is 2.90. The molecular weight excluding hydrogens is 330 g/mol. The van der Waals surface area contributed by atoms with Crippen LogP contribution in [0.2, 0.25) is 0 Å². The predicted octanol–water partition coefficient (Wildman–Crippen LogP) is 3.21. The number of methoxy groups -OCH3 is 1. The van der Waals surface area contributed by atoms with Crippen LogP contribution in [0.5, 0.6) is 11.5 Å². The molecule has 20 heavy (non-hydrogen) atoms. The van der Waals surface area contributed by atoms with Gasteiger partial charge in [0, 0.05) is 17.7 Å². The summed E-state index contributed by atoms with van der Waals surface area (Å²) in [7, 11) is 1.55. The van der Waals surface area contributed by atoms with Crippen molar-refractivity contribution in [3.8, 4) is 22.8 Å². The molecular formula is C13H12BrNO5. The number of rotatable bonds is 5. The Morgan fingerprint density at radius 1 is 1.40 bits per heavy atom. The van der Waals surface area contributed by atoms with Crippen molar-refractivity contribution in [2.75, 3.05) is 13.7 Å². The predicted molar refractivity (Wildman–Crippen MR) is 74.3 cm³/mol. The number of ether oxygens (including phenoxy) is 2. The van der Waals surface area contributed by atoms with Crippen molar-refractivity contribution < 1.29 is 23.9 Å². The summed E-state index contributed by atoms with van der Waals surface area (Å²) in [4.78, 5) is 10.8. The largest absolute Gasteiger partial charge is 0.495 e. The van der Waals surface area contributed by atoms with Gasteiger partial charge < -0.3 is 19.1 Å². The van der Waals surface area contributed by atoms with E-state index in [1.54, 1.807) is 19.2 Å². The van der Waals surface area contributed by atoms with Gasteiger partial charge in [-0.15, -0.1) is 0 Å².